The number of amides is 2. The Hall–Kier alpha value is -2.69. The number of carbonyl (C=O) groups is 2. The summed E-state index contributed by atoms with van der Waals surface area (Å²) in [4.78, 5) is 23.6. The molecule has 0 aliphatic heterocycles. The van der Waals surface area contributed by atoms with Crippen molar-refractivity contribution in [3.8, 4) is 0 Å². The van der Waals surface area contributed by atoms with Crippen molar-refractivity contribution in [2.45, 2.75) is 39.5 Å². The zero-order valence-corrected chi connectivity index (χ0v) is 20.6. The minimum absolute atomic E-state index is 0.0254. The number of aromatic nitrogens is 1. The van der Waals surface area contributed by atoms with Gasteiger partial charge in [0.25, 0.3) is 21.8 Å². The molecule has 0 spiro atoms. The van der Waals surface area contributed by atoms with Crippen LogP contribution in [0, 0.1) is 26.7 Å². The number of hydrogen-bond acceptors (Lipinski definition) is 7. The molecule has 8 nitrogen and oxygen atoms in total. The van der Waals surface area contributed by atoms with Crippen LogP contribution in [0.15, 0.2) is 45.1 Å². The van der Waals surface area contributed by atoms with Crippen LogP contribution in [0.1, 0.15) is 40.3 Å². The molecule has 0 aliphatic carbocycles. The molecular weight excluding hydrogens is 474 g/mol. The average Bonchev–Trinajstić information content (AvgIpc) is 3.26. The first kappa shape index (κ1) is 25.6. The number of rotatable bonds is 5. The van der Waals surface area contributed by atoms with Crippen molar-refractivity contribution in [2.75, 3.05) is 4.72 Å². The Morgan fingerprint density at radius 1 is 1.12 bits per heavy atom. The van der Waals surface area contributed by atoms with Gasteiger partial charge in [-0.3, -0.25) is 14.9 Å². The van der Waals surface area contributed by atoms with E-state index >= 15 is 0 Å². The summed E-state index contributed by atoms with van der Waals surface area (Å²) in [5.41, 5.74) is 2.00. The van der Waals surface area contributed by atoms with Crippen LogP contribution in [0.25, 0.3) is 0 Å². The first-order valence-corrected chi connectivity index (χ1v) is 12.3. The van der Waals surface area contributed by atoms with Crippen LogP contribution in [0.4, 0.5) is 5.88 Å². The first-order valence-electron chi connectivity index (χ1n) is 9.53. The minimum atomic E-state index is -4.17. The molecule has 0 fully saturated rings. The Morgan fingerprint density at radius 2 is 1.75 bits per heavy atom. The van der Waals surface area contributed by atoms with Crippen LogP contribution in [-0.4, -0.2) is 25.4 Å². The van der Waals surface area contributed by atoms with E-state index in [-0.39, 0.29) is 20.7 Å². The standard InChI is InChI=1S/C14H16ClN3O5S2.C7H8/c1-6(2)12(19)16-13(20)10-11(7(3)5-24-10)25(21,22)18-14-9(15)8(4)17-23-14;1-7-5-3-2-4-6-7/h5-6,18H,1-4H3,(H,16,19,20);2-6H,1H3. The van der Waals surface area contributed by atoms with Gasteiger partial charge >= 0.3 is 0 Å². The molecule has 0 atom stereocenters. The van der Waals surface area contributed by atoms with Gasteiger partial charge in [0.05, 0.1) is 0 Å². The molecule has 2 heterocycles. The molecule has 2 N–H and O–H groups in total. The number of sulfonamides is 1. The largest absolute Gasteiger partial charge is 0.336 e. The van der Waals surface area contributed by atoms with Gasteiger partial charge in [-0.15, -0.1) is 11.3 Å². The van der Waals surface area contributed by atoms with E-state index in [0.717, 1.165) is 11.3 Å². The van der Waals surface area contributed by atoms with E-state index in [4.69, 9.17) is 16.1 Å². The highest BCUT2D eigenvalue weighted by Crippen LogP contribution is 2.31. The number of thiophene rings is 1. The Bertz CT molecular complexity index is 1200. The lowest BCUT2D eigenvalue weighted by atomic mass is 10.2. The van der Waals surface area contributed by atoms with Gasteiger partial charge < -0.3 is 4.52 Å². The van der Waals surface area contributed by atoms with Gasteiger partial charge in [0.15, 0.2) is 0 Å². The van der Waals surface area contributed by atoms with E-state index in [2.05, 4.69) is 34.3 Å². The highest BCUT2D eigenvalue weighted by atomic mass is 35.5. The number of anilines is 1. The molecule has 2 amide bonds. The lowest BCUT2D eigenvalue weighted by Gasteiger charge is -2.09. The Kier molecular flexibility index (Phi) is 8.59. The summed E-state index contributed by atoms with van der Waals surface area (Å²) in [7, 11) is -4.17. The van der Waals surface area contributed by atoms with Crippen molar-refractivity contribution in [1.29, 1.82) is 0 Å². The summed E-state index contributed by atoms with van der Waals surface area (Å²) in [6, 6.07) is 10.3. The summed E-state index contributed by atoms with van der Waals surface area (Å²) in [5.74, 6) is -1.94. The van der Waals surface area contributed by atoms with Crippen LogP contribution in [-0.2, 0) is 14.8 Å². The number of aryl methyl sites for hydroxylation is 3. The van der Waals surface area contributed by atoms with Gasteiger partial charge in [0, 0.05) is 5.92 Å². The van der Waals surface area contributed by atoms with Gasteiger partial charge in [0.1, 0.15) is 20.5 Å². The predicted molar refractivity (Wildman–Crippen MR) is 125 cm³/mol. The minimum Gasteiger partial charge on any atom is -0.336 e. The monoisotopic (exact) mass is 497 g/mol. The fraction of sp³-hybridized carbons (Fsp3) is 0.286. The number of imide groups is 1. The normalized spacial score (nSPS) is 11.0. The van der Waals surface area contributed by atoms with Gasteiger partial charge in [-0.05, 0) is 31.7 Å². The third kappa shape index (κ3) is 6.41. The second kappa shape index (κ2) is 10.8. The number of hydrogen-bond donors (Lipinski definition) is 2. The Labute approximate surface area is 196 Å². The van der Waals surface area contributed by atoms with E-state index < -0.39 is 27.8 Å². The summed E-state index contributed by atoms with van der Waals surface area (Å²) in [5, 5.41) is 7.28. The molecule has 3 aromatic rings. The summed E-state index contributed by atoms with van der Waals surface area (Å²) in [6.07, 6.45) is 0. The molecule has 3 rings (SSSR count). The van der Waals surface area contributed by atoms with E-state index in [9.17, 15) is 18.0 Å². The Morgan fingerprint density at radius 3 is 2.22 bits per heavy atom. The fourth-order valence-corrected chi connectivity index (χ4v) is 5.23. The highest BCUT2D eigenvalue weighted by molar-refractivity contribution is 7.93. The maximum absolute atomic E-state index is 12.7. The van der Waals surface area contributed by atoms with Crippen molar-refractivity contribution in [3.05, 3.63) is 62.4 Å². The van der Waals surface area contributed by atoms with Crippen LogP contribution < -0.4 is 10.0 Å². The fourth-order valence-electron chi connectivity index (χ4n) is 2.37. The van der Waals surface area contributed by atoms with E-state index in [1.54, 1.807) is 27.7 Å². The summed E-state index contributed by atoms with van der Waals surface area (Å²) < 4.78 is 32.4. The van der Waals surface area contributed by atoms with Crippen molar-refractivity contribution in [3.63, 3.8) is 0 Å². The van der Waals surface area contributed by atoms with Gasteiger partial charge in [-0.2, -0.15) is 0 Å². The second-order valence-electron chi connectivity index (χ2n) is 7.22. The zero-order valence-electron chi connectivity index (χ0n) is 18.2. The van der Waals surface area contributed by atoms with Crippen molar-refractivity contribution >= 4 is 50.7 Å². The van der Waals surface area contributed by atoms with E-state index in [1.165, 1.54) is 10.9 Å². The Balaban J connectivity index is 0.000000439. The number of nitrogens with one attached hydrogen (secondary N) is 2. The van der Waals surface area contributed by atoms with E-state index in [0.29, 0.717) is 11.3 Å². The number of nitrogens with zero attached hydrogens (tertiary/aromatic N) is 1. The predicted octanol–water partition coefficient (Wildman–Crippen LogP) is 4.71. The topological polar surface area (TPSA) is 118 Å². The quantitative estimate of drug-likeness (QED) is 0.526. The summed E-state index contributed by atoms with van der Waals surface area (Å²) in [6.45, 7) is 8.42. The van der Waals surface area contributed by atoms with Crippen LogP contribution in [0.5, 0.6) is 0 Å². The van der Waals surface area contributed by atoms with Crippen LogP contribution in [0.2, 0.25) is 5.02 Å². The first-order chi connectivity index (χ1) is 14.9. The van der Waals surface area contributed by atoms with Crippen molar-refractivity contribution < 1.29 is 22.5 Å². The van der Waals surface area contributed by atoms with Gasteiger partial charge in [0.2, 0.25) is 5.91 Å². The molecule has 11 heteroatoms. The third-order valence-corrected chi connectivity index (χ3v) is 7.30. The van der Waals surface area contributed by atoms with Crippen LogP contribution >= 0.6 is 22.9 Å². The molecule has 0 unspecified atom stereocenters. The average molecular weight is 498 g/mol. The van der Waals surface area contributed by atoms with Gasteiger partial charge in [-0.25, -0.2) is 13.1 Å². The number of carbonyl (C=O) groups excluding carboxylic acids is 2. The molecule has 0 saturated heterocycles. The lowest BCUT2D eigenvalue weighted by molar-refractivity contribution is -0.122. The molecule has 2 aromatic heterocycles. The smallest absolute Gasteiger partial charge is 0.269 e. The maximum Gasteiger partial charge on any atom is 0.269 e. The van der Waals surface area contributed by atoms with Gasteiger partial charge in [-0.1, -0.05) is 66.5 Å². The highest BCUT2D eigenvalue weighted by Gasteiger charge is 2.30. The van der Waals surface area contributed by atoms with Crippen LogP contribution in [0.3, 0.4) is 0 Å². The molecular formula is C21H24ClN3O5S2. The summed E-state index contributed by atoms with van der Waals surface area (Å²) >= 11 is 6.84. The third-order valence-electron chi connectivity index (χ3n) is 4.11. The number of halogens is 1. The molecule has 0 bridgehead atoms. The zero-order chi connectivity index (χ0) is 24.1. The number of benzene rings is 1. The van der Waals surface area contributed by atoms with Crippen molar-refractivity contribution in [1.82, 2.24) is 10.5 Å². The molecule has 0 radical (unpaired) electrons. The molecule has 172 valence electrons. The molecule has 0 aliphatic rings. The maximum atomic E-state index is 12.7. The molecule has 32 heavy (non-hydrogen) atoms. The van der Waals surface area contributed by atoms with E-state index in [1.807, 2.05) is 18.2 Å². The lowest BCUT2D eigenvalue weighted by Crippen LogP contribution is -2.34. The van der Waals surface area contributed by atoms with Crippen molar-refractivity contribution in [2.24, 2.45) is 5.92 Å². The molecule has 0 saturated carbocycles. The SMILES string of the molecule is Cc1ccccc1.Cc1csc(C(=O)NC(=O)C(C)C)c1S(=O)(=O)Nc1onc(C)c1Cl. The second-order valence-corrected chi connectivity index (χ2v) is 10.1. The molecule has 1 aromatic carbocycles.